The van der Waals surface area contributed by atoms with Crippen LogP contribution in [0.1, 0.15) is 22.4 Å². The van der Waals surface area contributed by atoms with Crippen LogP contribution in [0.15, 0.2) is 93.8 Å². The molecule has 2 aromatic carbocycles. The lowest BCUT2D eigenvalue weighted by atomic mass is 10.1. The summed E-state index contributed by atoms with van der Waals surface area (Å²) in [5, 5.41) is 10.4. The highest BCUT2D eigenvalue weighted by molar-refractivity contribution is 5.97. The molecular weight excluding hydrogens is 328 g/mol. The Morgan fingerprint density at radius 1 is 0.692 bits per heavy atom. The average molecular weight is 344 g/mol. The maximum Gasteiger partial charge on any atom is 0.234 e. The zero-order valence-electron chi connectivity index (χ0n) is 13.8. The number of hydrogen-bond donors (Lipinski definition) is 1. The fourth-order valence-electron chi connectivity index (χ4n) is 2.75. The first-order valence-electron chi connectivity index (χ1n) is 8.25. The van der Waals surface area contributed by atoms with E-state index < -0.39 is 11.9 Å². The molecule has 0 bridgehead atoms. The molecule has 0 saturated carbocycles. The Kier molecular flexibility index (Phi) is 4.25. The van der Waals surface area contributed by atoms with Gasteiger partial charge < -0.3 is 13.9 Å². The van der Waals surface area contributed by atoms with E-state index in [0.29, 0.717) is 11.5 Å². The van der Waals surface area contributed by atoms with Crippen LogP contribution in [0, 0.1) is 0 Å². The minimum atomic E-state index is -1.41. The van der Waals surface area contributed by atoms with E-state index in [1.807, 2.05) is 60.7 Å². The summed E-state index contributed by atoms with van der Waals surface area (Å²) in [5.74, 6) is 0.907. The van der Waals surface area contributed by atoms with Gasteiger partial charge in [-0.25, -0.2) is 0 Å². The number of aliphatic hydroxyl groups is 1. The first-order chi connectivity index (χ1) is 12.7. The minimum Gasteiger partial charge on any atom is -0.458 e. The van der Waals surface area contributed by atoms with E-state index >= 15 is 0 Å². The summed E-state index contributed by atoms with van der Waals surface area (Å²) in [7, 11) is 0. The Bertz CT molecular complexity index is 1010. The molecular formula is C22H16O4. The van der Waals surface area contributed by atoms with Gasteiger partial charge in [-0.05, 0) is 24.3 Å². The summed E-state index contributed by atoms with van der Waals surface area (Å²) in [4.78, 5) is 12.5. The number of Topliss-reactive ketones (excluding diaryl/α,β-unsaturated/α-hetero) is 1. The van der Waals surface area contributed by atoms with Crippen molar-refractivity contribution in [2.24, 2.45) is 0 Å². The fraction of sp³-hybridized carbons (Fsp3) is 0.0455. The highest BCUT2D eigenvalue weighted by Crippen LogP contribution is 2.29. The molecule has 4 heteroatoms. The van der Waals surface area contributed by atoms with Gasteiger partial charge in [0.15, 0.2) is 11.9 Å². The van der Waals surface area contributed by atoms with Crippen LogP contribution in [0.3, 0.4) is 0 Å². The van der Waals surface area contributed by atoms with Crippen molar-refractivity contribution < 1.29 is 18.7 Å². The third kappa shape index (κ3) is 3.10. The van der Waals surface area contributed by atoms with Gasteiger partial charge in [0, 0.05) is 11.1 Å². The van der Waals surface area contributed by atoms with Gasteiger partial charge >= 0.3 is 0 Å². The number of rotatable bonds is 5. The molecule has 0 radical (unpaired) electrons. The summed E-state index contributed by atoms with van der Waals surface area (Å²) in [6.07, 6.45) is -1.41. The van der Waals surface area contributed by atoms with Gasteiger partial charge in [0.2, 0.25) is 5.78 Å². The Labute approximate surface area is 150 Å². The van der Waals surface area contributed by atoms with Crippen LogP contribution in [0.2, 0.25) is 0 Å². The van der Waals surface area contributed by atoms with Crippen LogP contribution in [-0.4, -0.2) is 10.9 Å². The average Bonchev–Trinajstić information content (AvgIpc) is 3.38. The monoisotopic (exact) mass is 344 g/mol. The number of benzene rings is 2. The number of hydrogen-bond acceptors (Lipinski definition) is 4. The molecule has 2 aromatic heterocycles. The van der Waals surface area contributed by atoms with Crippen LogP contribution >= 0.6 is 0 Å². The minimum absolute atomic E-state index is 0.0917. The molecule has 4 aromatic rings. The summed E-state index contributed by atoms with van der Waals surface area (Å²) in [6, 6.07) is 25.6. The summed E-state index contributed by atoms with van der Waals surface area (Å²) in [5.41, 5.74) is 1.74. The predicted octanol–water partition coefficient (Wildman–Crippen LogP) is 5.12. The molecule has 128 valence electrons. The number of ketones is 1. The zero-order chi connectivity index (χ0) is 17.9. The van der Waals surface area contributed by atoms with Crippen molar-refractivity contribution in [3.05, 3.63) is 96.4 Å². The molecule has 1 N–H and O–H groups in total. The van der Waals surface area contributed by atoms with Crippen LogP contribution in [0.4, 0.5) is 0 Å². The Morgan fingerprint density at radius 3 is 1.85 bits per heavy atom. The van der Waals surface area contributed by atoms with Crippen molar-refractivity contribution in [1.29, 1.82) is 0 Å². The molecule has 4 nitrogen and oxygen atoms in total. The van der Waals surface area contributed by atoms with Crippen molar-refractivity contribution >= 4 is 5.78 Å². The summed E-state index contributed by atoms with van der Waals surface area (Å²) >= 11 is 0. The Morgan fingerprint density at radius 2 is 1.23 bits per heavy atom. The zero-order valence-corrected chi connectivity index (χ0v) is 13.8. The van der Waals surface area contributed by atoms with Crippen molar-refractivity contribution in [1.82, 2.24) is 0 Å². The van der Waals surface area contributed by atoms with Gasteiger partial charge in [0.25, 0.3) is 0 Å². The smallest absolute Gasteiger partial charge is 0.234 e. The maximum atomic E-state index is 12.5. The van der Waals surface area contributed by atoms with Crippen LogP contribution in [0.25, 0.3) is 22.6 Å². The van der Waals surface area contributed by atoms with E-state index in [0.717, 1.165) is 11.1 Å². The third-order valence-electron chi connectivity index (χ3n) is 4.11. The van der Waals surface area contributed by atoms with E-state index in [1.165, 1.54) is 0 Å². The summed E-state index contributed by atoms with van der Waals surface area (Å²) < 4.78 is 11.3. The highest BCUT2D eigenvalue weighted by Gasteiger charge is 2.25. The second kappa shape index (κ2) is 6.86. The van der Waals surface area contributed by atoms with Crippen molar-refractivity contribution in [2.75, 3.05) is 0 Å². The number of aliphatic hydroxyl groups excluding tert-OH is 1. The lowest BCUT2D eigenvalue weighted by molar-refractivity contribution is 0.0676. The van der Waals surface area contributed by atoms with Gasteiger partial charge in [0.05, 0.1) is 0 Å². The van der Waals surface area contributed by atoms with E-state index in [9.17, 15) is 9.90 Å². The maximum absolute atomic E-state index is 12.5. The van der Waals surface area contributed by atoms with E-state index in [2.05, 4.69) is 0 Å². The standard InChI is InChI=1S/C22H16O4/c23-21(19-13-11-17(25-19)15-7-3-1-4-8-15)22(24)20-14-12-18(26-20)16-9-5-2-6-10-16/h1-14,21,23H. The first-order valence-corrected chi connectivity index (χ1v) is 8.25. The van der Waals surface area contributed by atoms with Crippen molar-refractivity contribution in [3.63, 3.8) is 0 Å². The third-order valence-corrected chi connectivity index (χ3v) is 4.11. The van der Waals surface area contributed by atoms with Gasteiger partial charge in [-0.15, -0.1) is 0 Å². The molecule has 0 aliphatic rings. The molecule has 0 fully saturated rings. The Hall–Kier alpha value is -3.37. The number of carbonyl (C=O) groups excluding carboxylic acids is 1. The molecule has 1 unspecified atom stereocenters. The topological polar surface area (TPSA) is 63.6 Å². The van der Waals surface area contributed by atoms with Crippen LogP contribution in [0.5, 0.6) is 0 Å². The molecule has 0 spiro atoms. The molecule has 26 heavy (non-hydrogen) atoms. The second-order valence-corrected chi connectivity index (χ2v) is 5.86. The molecule has 1 atom stereocenters. The van der Waals surface area contributed by atoms with Gasteiger partial charge in [-0.3, -0.25) is 4.79 Å². The SMILES string of the molecule is O=C(c1ccc(-c2ccccc2)o1)C(O)c1ccc(-c2ccccc2)o1. The first kappa shape index (κ1) is 16.1. The van der Waals surface area contributed by atoms with Crippen LogP contribution < -0.4 is 0 Å². The fourth-order valence-corrected chi connectivity index (χ4v) is 2.75. The highest BCUT2D eigenvalue weighted by atomic mass is 16.4. The molecule has 0 amide bonds. The predicted molar refractivity (Wildman–Crippen MR) is 97.6 cm³/mol. The lowest BCUT2D eigenvalue weighted by Gasteiger charge is -2.05. The Balaban J connectivity index is 1.55. The van der Waals surface area contributed by atoms with Gasteiger partial charge in [-0.2, -0.15) is 0 Å². The van der Waals surface area contributed by atoms with E-state index in [4.69, 9.17) is 8.83 Å². The van der Waals surface area contributed by atoms with Crippen LogP contribution in [-0.2, 0) is 0 Å². The largest absolute Gasteiger partial charge is 0.458 e. The number of furan rings is 2. The van der Waals surface area contributed by atoms with E-state index in [1.54, 1.807) is 24.3 Å². The molecule has 0 saturated heterocycles. The quantitative estimate of drug-likeness (QED) is 0.510. The molecule has 4 rings (SSSR count). The molecule has 0 aliphatic heterocycles. The lowest BCUT2D eigenvalue weighted by Crippen LogP contribution is -2.10. The molecule has 0 aliphatic carbocycles. The number of carbonyl (C=O) groups is 1. The summed E-state index contributed by atoms with van der Waals surface area (Å²) in [6.45, 7) is 0. The normalized spacial score (nSPS) is 12.0. The van der Waals surface area contributed by atoms with Gasteiger partial charge in [-0.1, -0.05) is 60.7 Å². The van der Waals surface area contributed by atoms with Gasteiger partial charge in [0.1, 0.15) is 17.3 Å². The molecule has 2 heterocycles. The van der Waals surface area contributed by atoms with Crippen molar-refractivity contribution in [2.45, 2.75) is 6.10 Å². The second-order valence-electron chi connectivity index (χ2n) is 5.86. The van der Waals surface area contributed by atoms with Crippen molar-refractivity contribution in [3.8, 4) is 22.6 Å². The van der Waals surface area contributed by atoms with E-state index in [-0.39, 0.29) is 11.5 Å².